The minimum atomic E-state index is -0.127. The maximum atomic E-state index is 5.80. The van der Waals surface area contributed by atoms with E-state index in [2.05, 4.69) is 16.2 Å². The smallest absolute Gasteiger partial charge is 0.226 e. The predicted molar refractivity (Wildman–Crippen MR) is 65.2 cm³/mol. The average molecular weight is 245 g/mol. The summed E-state index contributed by atoms with van der Waals surface area (Å²) in [5, 5.41) is 3.98. The van der Waals surface area contributed by atoms with Crippen molar-refractivity contribution in [3.63, 3.8) is 0 Å². The lowest BCUT2D eigenvalue weighted by Gasteiger charge is -2.04. The molecule has 1 aromatic carbocycles. The Kier molecular flexibility index (Phi) is 2.98. The van der Waals surface area contributed by atoms with Gasteiger partial charge in [-0.2, -0.15) is 4.98 Å². The number of aryl methyl sites for hydroxylation is 1. The number of fused-ring (bicyclic) bond motifs is 1. The second-order valence-electron chi connectivity index (χ2n) is 4.36. The number of para-hydroxylation sites is 1. The third-order valence-electron chi connectivity index (χ3n) is 3.01. The fourth-order valence-corrected chi connectivity index (χ4v) is 2.08. The molecule has 0 bridgehead atoms. The van der Waals surface area contributed by atoms with Gasteiger partial charge >= 0.3 is 0 Å². The van der Waals surface area contributed by atoms with Gasteiger partial charge in [-0.3, -0.25) is 0 Å². The Balaban J connectivity index is 1.72. The van der Waals surface area contributed by atoms with E-state index in [0.717, 1.165) is 25.0 Å². The molecule has 3 rings (SSSR count). The fourth-order valence-electron chi connectivity index (χ4n) is 2.08. The molecule has 0 spiro atoms. The van der Waals surface area contributed by atoms with Crippen LogP contribution < -0.4 is 10.5 Å². The Morgan fingerprint density at radius 3 is 3.06 bits per heavy atom. The lowest BCUT2D eigenvalue weighted by molar-refractivity contribution is 0.221. The molecule has 1 aliphatic heterocycles. The molecular formula is C13H15N3O2. The molecule has 2 N–H and O–H groups in total. The fraction of sp³-hybridized carbons (Fsp3) is 0.385. The standard InChI is InChI=1S/C13H15N3O2/c14-7-3-6-12-15-13(16-18-12)11-8-9-4-1-2-5-10(9)17-11/h1-2,4-5,11H,3,6-8,14H2. The molecule has 94 valence electrons. The van der Waals surface area contributed by atoms with Gasteiger partial charge in [0.05, 0.1) is 0 Å². The van der Waals surface area contributed by atoms with Crippen LogP contribution in [-0.4, -0.2) is 16.7 Å². The van der Waals surface area contributed by atoms with Gasteiger partial charge in [-0.1, -0.05) is 23.4 Å². The predicted octanol–water partition coefficient (Wildman–Crippen LogP) is 1.64. The largest absolute Gasteiger partial charge is 0.482 e. The van der Waals surface area contributed by atoms with Gasteiger partial charge < -0.3 is 15.0 Å². The van der Waals surface area contributed by atoms with Crippen LogP contribution in [0.1, 0.15) is 29.8 Å². The average Bonchev–Trinajstić information content (AvgIpc) is 3.02. The second-order valence-corrected chi connectivity index (χ2v) is 4.36. The quantitative estimate of drug-likeness (QED) is 0.886. The second kappa shape index (κ2) is 4.78. The molecule has 5 heteroatoms. The number of hydrogen-bond acceptors (Lipinski definition) is 5. The number of ether oxygens (including phenoxy) is 1. The van der Waals surface area contributed by atoms with Crippen LogP contribution in [0.2, 0.25) is 0 Å². The highest BCUT2D eigenvalue weighted by Gasteiger charge is 2.27. The summed E-state index contributed by atoms with van der Waals surface area (Å²) in [7, 11) is 0. The van der Waals surface area contributed by atoms with E-state index in [0.29, 0.717) is 18.3 Å². The van der Waals surface area contributed by atoms with Crippen molar-refractivity contribution in [3.05, 3.63) is 41.5 Å². The van der Waals surface area contributed by atoms with Crippen molar-refractivity contribution in [3.8, 4) is 5.75 Å². The Hall–Kier alpha value is -1.88. The minimum Gasteiger partial charge on any atom is -0.482 e. The zero-order valence-corrected chi connectivity index (χ0v) is 10.0. The summed E-state index contributed by atoms with van der Waals surface area (Å²) in [6.07, 6.45) is 2.25. The first-order valence-corrected chi connectivity index (χ1v) is 6.14. The van der Waals surface area contributed by atoms with Gasteiger partial charge in [0.1, 0.15) is 5.75 Å². The summed E-state index contributed by atoms with van der Waals surface area (Å²) < 4.78 is 11.0. The van der Waals surface area contributed by atoms with E-state index < -0.39 is 0 Å². The zero-order chi connectivity index (χ0) is 12.4. The Morgan fingerprint density at radius 1 is 1.33 bits per heavy atom. The number of nitrogens with zero attached hydrogens (tertiary/aromatic N) is 2. The Labute approximate surface area is 105 Å². The van der Waals surface area contributed by atoms with Crippen LogP contribution >= 0.6 is 0 Å². The molecular weight excluding hydrogens is 230 g/mol. The highest BCUT2D eigenvalue weighted by atomic mass is 16.5. The molecule has 0 aliphatic carbocycles. The topological polar surface area (TPSA) is 74.2 Å². The third kappa shape index (κ3) is 2.09. The Bertz CT molecular complexity index is 514. The number of aromatic nitrogens is 2. The molecule has 1 unspecified atom stereocenters. The van der Waals surface area contributed by atoms with Crippen LogP contribution in [0, 0.1) is 0 Å². The van der Waals surface area contributed by atoms with Crippen LogP contribution in [0.25, 0.3) is 0 Å². The van der Waals surface area contributed by atoms with Crippen LogP contribution in [0.5, 0.6) is 5.75 Å². The monoisotopic (exact) mass is 245 g/mol. The zero-order valence-electron chi connectivity index (χ0n) is 10.0. The van der Waals surface area contributed by atoms with Crippen LogP contribution in [0.4, 0.5) is 0 Å². The molecule has 5 nitrogen and oxygen atoms in total. The SMILES string of the molecule is NCCCc1nc(C2Cc3ccccc3O2)no1. The van der Waals surface area contributed by atoms with E-state index in [4.69, 9.17) is 15.0 Å². The van der Waals surface area contributed by atoms with Crippen LogP contribution in [-0.2, 0) is 12.8 Å². The normalized spacial score (nSPS) is 17.5. The van der Waals surface area contributed by atoms with Crippen molar-refractivity contribution in [2.24, 2.45) is 5.73 Å². The summed E-state index contributed by atoms with van der Waals surface area (Å²) in [4.78, 5) is 4.35. The van der Waals surface area contributed by atoms with Crippen molar-refractivity contribution < 1.29 is 9.26 Å². The number of benzene rings is 1. The number of hydrogen-bond donors (Lipinski definition) is 1. The van der Waals surface area contributed by atoms with Crippen molar-refractivity contribution in [1.29, 1.82) is 0 Å². The molecule has 0 amide bonds. The maximum Gasteiger partial charge on any atom is 0.226 e. The lowest BCUT2D eigenvalue weighted by Crippen LogP contribution is -2.05. The van der Waals surface area contributed by atoms with E-state index in [1.165, 1.54) is 5.56 Å². The van der Waals surface area contributed by atoms with Gasteiger partial charge in [0.15, 0.2) is 6.10 Å². The van der Waals surface area contributed by atoms with E-state index in [9.17, 15) is 0 Å². The summed E-state index contributed by atoms with van der Waals surface area (Å²) >= 11 is 0. The minimum absolute atomic E-state index is 0.127. The molecule has 0 saturated heterocycles. The van der Waals surface area contributed by atoms with Gasteiger partial charge in [0.2, 0.25) is 11.7 Å². The summed E-state index contributed by atoms with van der Waals surface area (Å²) in [6, 6.07) is 7.99. The summed E-state index contributed by atoms with van der Waals surface area (Å²) in [5.74, 6) is 2.17. The Morgan fingerprint density at radius 2 is 2.22 bits per heavy atom. The first-order chi connectivity index (χ1) is 8.86. The van der Waals surface area contributed by atoms with E-state index in [1.807, 2.05) is 18.2 Å². The first-order valence-electron chi connectivity index (χ1n) is 6.14. The maximum absolute atomic E-state index is 5.80. The highest BCUT2D eigenvalue weighted by molar-refractivity contribution is 5.37. The number of nitrogens with two attached hydrogens (primary N) is 1. The molecule has 2 heterocycles. The molecule has 0 fully saturated rings. The van der Waals surface area contributed by atoms with E-state index in [1.54, 1.807) is 0 Å². The van der Waals surface area contributed by atoms with Gasteiger partial charge in [-0.25, -0.2) is 0 Å². The van der Waals surface area contributed by atoms with Gasteiger partial charge in [-0.15, -0.1) is 0 Å². The summed E-state index contributed by atoms with van der Waals surface area (Å²) in [6.45, 7) is 0.628. The van der Waals surface area contributed by atoms with E-state index in [-0.39, 0.29) is 6.10 Å². The molecule has 1 aromatic heterocycles. The highest BCUT2D eigenvalue weighted by Crippen LogP contribution is 2.35. The van der Waals surface area contributed by atoms with Gasteiger partial charge in [0.25, 0.3) is 0 Å². The lowest BCUT2D eigenvalue weighted by atomic mass is 10.1. The van der Waals surface area contributed by atoms with Crippen molar-refractivity contribution in [2.75, 3.05) is 6.54 Å². The van der Waals surface area contributed by atoms with Gasteiger partial charge in [-0.05, 0) is 24.6 Å². The van der Waals surface area contributed by atoms with Crippen molar-refractivity contribution in [2.45, 2.75) is 25.4 Å². The van der Waals surface area contributed by atoms with Crippen molar-refractivity contribution >= 4 is 0 Å². The molecule has 2 aromatic rings. The van der Waals surface area contributed by atoms with Crippen LogP contribution in [0.3, 0.4) is 0 Å². The van der Waals surface area contributed by atoms with Crippen LogP contribution in [0.15, 0.2) is 28.8 Å². The first kappa shape index (κ1) is 11.2. The molecule has 0 saturated carbocycles. The van der Waals surface area contributed by atoms with E-state index >= 15 is 0 Å². The molecule has 1 aliphatic rings. The third-order valence-corrected chi connectivity index (χ3v) is 3.01. The molecule has 1 atom stereocenters. The molecule has 0 radical (unpaired) electrons. The van der Waals surface area contributed by atoms with Crippen molar-refractivity contribution in [1.82, 2.24) is 10.1 Å². The number of rotatable bonds is 4. The molecule has 18 heavy (non-hydrogen) atoms. The van der Waals surface area contributed by atoms with Gasteiger partial charge in [0, 0.05) is 12.8 Å². The summed E-state index contributed by atoms with van der Waals surface area (Å²) in [5.41, 5.74) is 6.64.